The van der Waals surface area contributed by atoms with Crippen LogP contribution in [0.1, 0.15) is 15.9 Å². The van der Waals surface area contributed by atoms with Crippen LogP contribution in [0.25, 0.3) is 16.6 Å². The molecule has 0 spiro atoms. The largest absolute Gasteiger partial charge is 0.494 e. The number of para-hydroxylation sites is 1. The smallest absolute Gasteiger partial charge is 0.167 e. The van der Waals surface area contributed by atoms with Crippen molar-refractivity contribution in [3.05, 3.63) is 90.1 Å². The fourth-order valence-electron chi connectivity index (χ4n) is 3.11. The number of ketones is 1. The number of carbonyl (C=O) groups excluding carboxylic acids is 1. The van der Waals surface area contributed by atoms with E-state index in [2.05, 4.69) is 5.10 Å². The summed E-state index contributed by atoms with van der Waals surface area (Å²) in [6.07, 6.45) is 2.25. The number of methoxy groups -OCH3 is 1. The molecule has 0 saturated carbocycles. The third kappa shape index (κ3) is 2.97. The highest BCUT2D eigenvalue weighted by molar-refractivity contribution is 5.98. The monoisotopic (exact) mass is 342 g/mol. The van der Waals surface area contributed by atoms with E-state index in [9.17, 15) is 4.79 Å². The number of ether oxygens (including phenoxy) is 1. The van der Waals surface area contributed by atoms with Crippen molar-refractivity contribution in [3.63, 3.8) is 0 Å². The Kier molecular flexibility index (Phi) is 4.23. The molecule has 0 bridgehead atoms. The van der Waals surface area contributed by atoms with Crippen LogP contribution in [0.3, 0.4) is 0 Å². The molecular formula is C22H18N2O2. The highest BCUT2D eigenvalue weighted by Gasteiger charge is 2.16. The van der Waals surface area contributed by atoms with Crippen molar-refractivity contribution in [1.29, 1.82) is 0 Å². The summed E-state index contributed by atoms with van der Waals surface area (Å²) in [4.78, 5) is 12.7. The van der Waals surface area contributed by atoms with Gasteiger partial charge in [0.2, 0.25) is 0 Å². The van der Waals surface area contributed by atoms with Crippen LogP contribution in [-0.4, -0.2) is 22.7 Å². The molecule has 26 heavy (non-hydrogen) atoms. The number of hydrogen-bond donors (Lipinski definition) is 0. The van der Waals surface area contributed by atoms with Gasteiger partial charge in [0.05, 0.1) is 12.6 Å². The molecule has 0 atom stereocenters. The molecule has 0 aliphatic carbocycles. The first-order chi connectivity index (χ1) is 12.8. The van der Waals surface area contributed by atoms with Crippen LogP contribution in [0.15, 0.2) is 79.0 Å². The molecule has 0 aliphatic heterocycles. The number of aromatic nitrogens is 2. The highest BCUT2D eigenvalue weighted by atomic mass is 16.5. The van der Waals surface area contributed by atoms with Gasteiger partial charge in [0, 0.05) is 23.6 Å². The number of hydrogen-bond acceptors (Lipinski definition) is 3. The number of rotatable bonds is 5. The third-order valence-electron chi connectivity index (χ3n) is 4.39. The number of carbonyl (C=O) groups is 1. The molecule has 4 rings (SSSR count). The maximum absolute atomic E-state index is 12.7. The Labute approximate surface area is 151 Å². The quantitative estimate of drug-likeness (QED) is 0.503. The highest BCUT2D eigenvalue weighted by Crippen LogP contribution is 2.29. The maximum Gasteiger partial charge on any atom is 0.167 e. The average molecular weight is 342 g/mol. The Hall–Kier alpha value is -3.40. The molecule has 1 aromatic heterocycles. The van der Waals surface area contributed by atoms with Gasteiger partial charge in [-0.25, -0.2) is 4.68 Å². The van der Waals surface area contributed by atoms with Crippen molar-refractivity contribution in [2.45, 2.75) is 6.42 Å². The maximum atomic E-state index is 12.7. The van der Waals surface area contributed by atoms with Crippen molar-refractivity contribution in [1.82, 2.24) is 9.78 Å². The third-order valence-corrected chi connectivity index (χ3v) is 4.39. The lowest BCUT2D eigenvalue weighted by molar-refractivity contribution is 0.0993. The van der Waals surface area contributed by atoms with E-state index in [1.54, 1.807) is 11.8 Å². The van der Waals surface area contributed by atoms with E-state index in [1.165, 1.54) is 0 Å². The van der Waals surface area contributed by atoms with Gasteiger partial charge in [0.1, 0.15) is 11.4 Å². The molecule has 0 fully saturated rings. The van der Waals surface area contributed by atoms with Gasteiger partial charge in [0.25, 0.3) is 0 Å². The van der Waals surface area contributed by atoms with E-state index >= 15 is 0 Å². The van der Waals surface area contributed by atoms with Crippen LogP contribution in [0.2, 0.25) is 0 Å². The summed E-state index contributed by atoms with van der Waals surface area (Å²) in [7, 11) is 1.63. The lowest BCUT2D eigenvalue weighted by Crippen LogP contribution is -2.09. The van der Waals surface area contributed by atoms with E-state index < -0.39 is 0 Å². The zero-order valence-electron chi connectivity index (χ0n) is 14.4. The van der Waals surface area contributed by atoms with E-state index in [1.807, 2.05) is 79.0 Å². The van der Waals surface area contributed by atoms with Gasteiger partial charge in [-0.2, -0.15) is 5.10 Å². The zero-order valence-corrected chi connectivity index (χ0v) is 14.4. The van der Waals surface area contributed by atoms with Gasteiger partial charge in [0.15, 0.2) is 5.78 Å². The van der Waals surface area contributed by atoms with E-state index in [0.717, 1.165) is 22.2 Å². The molecule has 0 amide bonds. The lowest BCUT2D eigenvalue weighted by atomic mass is 10.0. The van der Waals surface area contributed by atoms with Crippen molar-refractivity contribution >= 4 is 16.7 Å². The summed E-state index contributed by atoms with van der Waals surface area (Å²) >= 11 is 0. The van der Waals surface area contributed by atoms with Crippen LogP contribution in [0.4, 0.5) is 0 Å². The van der Waals surface area contributed by atoms with Crippen molar-refractivity contribution in [3.8, 4) is 11.4 Å². The second-order valence-corrected chi connectivity index (χ2v) is 6.07. The normalized spacial score (nSPS) is 10.8. The number of Topliss-reactive ketones (excluding diaryl/α,β-unsaturated/α-hetero) is 1. The van der Waals surface area contributed by atoms with E-state index in [4.69, 9.17) is 4.74 Å². The molecule has 4 aromatic rings. The minimum absolute atomic E-state index is 0.0665. The molecule has 4 heteroatoms. The topological polar surface area (TPSA) is 44.1 Å². The predicted octanol–water partition coefficient (Wildman–Crippen LogP) is 4.46. The summed E-state index contributed by atoms with van der Waals surface area (Å²) in [5.41, 5.74) is 3.28. The molecule has 0 N–H and O–H groups in total. The second kappa shape index (κ2) is 6.84. The minimum Gasteiger partial charge on any atom is -0.494 e. The Morgan fingerprint density at radius 2 is 1.73 bits per heavy atom. The molecule has 3 aromatic carbocycles. The number of nitrogens with zero attached hydrogens (tertiary/aromatic N) is 2. The van der Waals surface area contributed by atoms with Gasteiger partial charge in [-0.15, -0.1) is 0 Å². The fraction of sp³-hybridized carbons (Fsp3) is 0.0909. The van der Waals surface area contributed by atoms with Crippen molar-refractivity contribution in [2.24, 2.45) is 0 Å². The first kappa shape index (κ1) is 16.1. The molecule has 4 nitrogen and oxygen atoms in total. The molecule has 1 heterocycles. The standard InChI is InChI=1S/C22H18N2O2/c1-26-21-13-7-11-17(14-20(25)16-8-3-2-4-9-16)22(21)24-15-18-10-5-6-12-19(18)23-24/h2-13,15H,14H2,1H3. The van der Waals surface area contributed by atoms with Gasteiger partial charge >= 0.3 is 0 Å². The molecular weight excluding hydrogens is 324 g/mol. The molecule has 0 saturated heterocycles. The van der Waals surface area contributed by atoms with Crippen LogP contribution in [0.5, 0.6) is 5.75 Å². The van der Waals surface area contributed by atoms with Gasteiger partial charge in [-0.05, 0) is 17.7 Å². The molecule has 0 radical (unpaired) electrons. The predicted molar refractivity (Wildman–Crippen MR) is 102 cm³/mol. The van der Waals surface area contributed by atoms with Crippen LogP contribution in [-0.2, 0) is 6.42 Å². The zero-order chi connectivity index (χ0) is 17.9. The summed E-state index contributed by atoms with van der Waals surface area (Å²) in [5, 5.41) is 5.70. The van der Waals surface area contributed by atoms with Gasteiger partial charge in [-0.1, -0.05) is 60.7 Å². The Bertz CT molecular complexity index is 1030. The number of benzene rings is 3. The Morgan fingerprint density at radius 3 is 2.50 bits per heavy atom. The van der Waals surface area contributed by atoms with Crippen molar-refractivity contribution < 1.29 is 9.53 Å². The first-order valence-corrected chi connectivity index (χ1v) is 8.45. The van der Waals surface area contributed by atoms with E-state index in [-0.39, 0.29) is 12.2 Å². The Balaban J connectivity index is 1.79. The van der Waals surface area contributed by atoms with E-state index in [0.29, 0.717) is 11.3 Å². The summed E-state index contributed by atoms with van der Waals surface area (Å²) in [6.45, 7) is 0. The van der Waals surface area contributed by atoms with Crippen LogP contribution < -0.4 is 4.74 Å². The van der Waals surface area contributed by atoms with Gasteiger partial charge in [-0.3, -0.25) is 4.79 Å². The minimum atomic E-state index is 0.0665. The lowest BCUT2D eigenvalue weighted by Gasteiger charge is -2.13. The summed E-state index contributed by atoms with van der Waals surface area (Å²) < 4.78 is 7.35. The van der Waals surface area contributed by atoms with Crippen LogP contribution in [0, 0.1) is 0 Å². The Morgan fingerprint density at radius 1 is 0.962 bits per heavy atom. The SMILES string of the molecule is COc1cccc(CC(=O)c2ccccc2)c1-n1cc2ccccc2n1. The van der Waals surface area contributed by atoms with Crippen LogP contribution >= 0.6 is 0 Å². The molecule has 0 unspecified atom stereocenters. The number of fused-ring (bicyclic) bond motifs is 1. The molecule has 128 valence electrons. The summed E-state index contributed by atoms with van der Waals surface area (Å²) in [6, 6.07) is 23.0. The second-order valence-electron chi connectivity index (χ2n) is 6.07. The fourth-order valence-corrected chi connectivity index (χ4v) is 3.11. The summed E-state index contributed by atoms with van der Waals surface area (Å²) in [5.74, 6) is 0.757. The molecule has 0 aliphatic rings. The average Bonchev–Trinajstić information content (AvgIpc) is 3.12. The van der Waals surface area contributed by atoms with Gasteiger partial charge < -0.3 is 4.74 Å². The van der Waals surface area contributed by atoms with Crippen molar-refractivity contribution in [2.75, 3.05) is 7.11 Å². The first-order valence-electron chi connectivity index (χ1n) is 8.45.